The Labute approximate surface area is 224 Å². The Morgan fingerprint density at radius 1 is 1.08 bits per heavy atom. The Balaban J connectivity index is 1.58. The molecule has 12 heteroatoms. The lowest BCUT2D eigenvalue weighted by atomic mass is 9.92. The fourth-order valence-corrected chi connectivity index (χ4v) is 3.95. The summed E-state index contributed by atoms with van der Waals surface area (Å²) >= 11 is 0. The number of amides is 1. The van der Waals surface area contributed by atoms with Gasteiger partial charge in [0.1, 0.15) is 29.3 Å². The van der Waals surface area contributed by atoms with Crippen molar-refractivity contribution in [2.45, 2.75) is 52.6 Å². The predicted octanol–water partition coefficient (Wildman–Crippen LogP) is 2.32. The summed E-state index contributed by atoms with van der Waals surface area (Å²) in [6.07, 6.45) is 3.20. The molecule has 1 amide bonds. The molecular weight excluding hydrogens is 500 g/mol. The molecule has 0 spiro atoms. The number of nitrogens with one attached hydrogen (secondary N) is 1. The molecular formula is C27H30N8O4. The van der Waals surface area contributed by atoms with Gasteiger partial charge in [0.2, 0.25) is 17.6 Å². The van der Waals surface area contributed by atoms with Gasteiger partial charge in [-0.15, -0.1) is 10.2 Å². The highest BCUT2D eigenvalue weighted by Gasteiger charge is 2.35. The van der Waals surface area contributed by atoms with Crippen LogP contribution in [0, 0.1) is 12.8 Å². The average Bonchev–Trinajstić information content (AvgIpc) is 3.44. The van der Waals surface area contributed by atoms with Crippen LogP contribution in [0.15, 0.2) is 58.0 Å². The van der Waals surface area contributed by atoms with Gasteiger partial charge in [-0.25, -0.2) is 15.0 Å². The number of aromatic nitrogens is 6. The summed E-state index contributed by atoms with van der Waals surface area (Å²) < 4.78 is 6.93. The van der Waals surface area contributed by atoms with E-state index in [0.29, 0.717) is 22.9 Å². The summed E-state index contributed by atoms with van der Waals surface area (Å²) in [6.45, 7) is 8.38. The van der Waals surface area contributed by atoms with Crippen LogP contribution in [-0.2, 0) is 16.8 Å². The Morgan fingerprint density at radius 2 is 1.74 bits per heavy atom. The van der Waals surface area contributed by atoms with E-state index in [9.17, 15) is 14.4 Å². The van der Waals surface area contributed by atoms with Crippen LogP contribution in [0.4, 0.5) is 5.69 Å². The Hall–Kier alpha value is -4.74. The van der Waals surface area contributed by atoms with Gasteiger partial charge in [0, 0.05) is 18.0 Å². The van der Waals surface area contributed by atoms with E-state index in [-0.39, 0.29) is 23.4 Å². The van der Waals surface area contributed by atoms with E-state index in [0.717, 1.165) is 0 Å². The number of carbonyl (C=O) groups excluding carboxylic acids is 2. The van der Waals surface area contributed by atoms with E-state index < -0.39 is 35.3 Å². The molecule has 0 saturated carbocycles. The largest absolute Gasteiger partial charge is 0.417 e. The van der Waals surface area contributed by atoms with Crippen molar-refractivity contribution in [2.75, 3.05) is 5.73 Å². The van der Waals surface area contributed by atoms with E-state index in [1.807, 2.05) is 6.07 Å². The lowest BCUT2D eigenvalue weighted by Gasteiger charge is -2.21. The molecule has 1 atom stereocenters. The molecule has 3 N–H and O–H groups in total. The molecule has 0 aliphatic heterocycles. The molecule has 39 heavy (non-hydrogen) atoms. The summed E-state index contributed by atoms with van der Waals surface area (Å²) in [5.74, 6) is -0.812. The van der Waals surface area contributed by atoms with Crippen molar-refractivity contribution in [1.29, 1.82) is 0 Å². The molecule has 1 aromatic carbocycles. The van der Waals surface area contributed by atoms with Gasteiger partial charge < -0.3 is 15.5 Å². The molecule has 1 unspecified atom stereocenters. The highest BCUT2D eigenvalue weighted by molar-refractivity contribution is 5.98. The molecule has 4 aromatic rings. The number of aryl methyl sites for hydroxylation is 1. The number of rotatable bonds is 9. The highest BCUT2D eigenvalue weighted by atomic mass is 16.4. The van der Waals surface area contributed by atoms with Gasteiger partial charge in [-0.05, 0) is 32.8 Å². The van der Waals surface area contributed by atoms with Crippen LogP contribution in [0.3, 0.4) is 0 Å². The smallest absolute Gasteiger partial charge is 0.286 e. The minimum Gasteiger partial charge on any atom is -0.417 e. The Morgan fingerprint density at radius 3 is 2.38 bits per heavy atom. The van der Waals surface area contributed by atoms with Crippen molar-refractivity contribution in [3.63, 3.8) is 0 Å². The van der Waals surface area contributed by atoms with Crippen molar-refractivity contribution in [2.24, 2.45) is 5.92 Å². The SMILES string of the molecule is Cc1nc(-c2ccccc2)n(CC(=O)NC(C(=O)c2nnc(C(C)(C)c3ncccn3)o2)C(C)C)c(=O)c1N. The number of nitrogens with zero attached hydrogens (tertiary/aromatic N) is 6. The van der Waals surface area contributed by atoms with Gasteiger partial charge in [0.05, 0.1) is 11.7 Å². The van der Waals surface area contributed by atoms with Crippen molar-refractivity contribution < 1.29 is 14.0 Å². The lowest BCUT2D eigenvalue weighted by molar-refractivity contribution is -0.122. The minimum absolute atomic E-state index is 0.0534. The van der Waals surface area contributed by atoms with Crippen molar-refractivity contribution in [1.82, 2.24) is 35.0 Å². The number of Topliss-reactive ketones (excluding diaryl/α,β-unsaturated/α-hetero) is 1. The Kier molecular flexibility index (Phi) is 7.65. The molecule has 4 rings (SSSR count). The quantitative estimate of drug-likeness (QED) is 0.306. The van der Waals surface area contributed by atoms with E-state index in [1.54, 1.807) is 77.3 Å². The zero-order valence-electron chi connectivity index (χ0n) is 22.4. The van der Waals surface area contributed by atoms with Gasteiger partial charge in [0.25, 0.3) is 11.4 Å². The van der Waals surface area contributed by atoms with Crippen LogP contribution < -0.4 is 16.6 Å². The first kappa shape index (κ1) is 27.3. The van der Waals surface area contributed by atoms with Crippen molar-refractivity contribution >= 4 is 17.4 Å². The zero-order valence-corrected chi connectivity index (χ0v) is 22.4. The normalized spacial score (nSPS) is 12.4. The third kappa shape index (κ3) is 5.59. The summed E-state index contributed by atoms with van der Waals surface area (Å²) in [5.41, 5.74) is 5.50. The molecule has 3 aromatic heterocycles. The molecule has 0 fully saturated rings. The van der Waals surface area contributed by atoms with Crippen LogP contribution in [0.5, 0.6) is 0 Å². The first-order valence-corrected chi connectivity index (χ1v) is 12.4. The van der Waals surface area contributed by atoms with Crippen LogP contribution in [0.25, 0.3) is 11.4 Å². The number of benzene rings is 1. The van der Waals surface area contributed by atoms with E-state index >= 15 is 0 Å². The molecule has 202 valence electrons. The zero-order chi connectivity index (χ0) is 28.3. The second kappa shape index (κ2) is 10.9. The maximum absolute atomic E-state index is 13.4. The first-order chi connectivity index (χ1) is 18.5. The van der Waals surface area contributed by atoms with Gasteiger partial charge in [0.15, 0.2) is 0 Å². The topological polar surface area (TPSA) is 172 Å². The van der Waals surface area contributed by atoms with Crippen LogP contribution in [0.1, 0.15) is 55.8 Å². The molecule has 0 aliphatic rings. The van der Waals surface area contributed by atoms with Gasteiger partial charge in [-0.1, -0.05) is 44.2 Å². The molecule has 0 bridgehead atoms. The summed E-state index contributed by atoms with van der Waals surface area (Å²) in [6, 6.07) is 9.69. The standard InChI is InChI=1S/C27H30N8O4/c1-15(2)20(21(37)23-33-34-26(39-23)27(4,5)25-29-12-9-13-30-25)32-18(36)14-35-22(17-10-7-6-8-11-17)31-16(3)19(28)24(35)38/h6-13,15,20H,14,28H2,1-5H3,(H,32,36). The molecule has 0 aliphatic carbocycles. The lowest BCUT2D eigenvalue weighted by Crippen LogP contribution is -2.46. The van der Waals surface area contributed by atoms with E-state index in [4.69, 9.17) is 10.2 Å². The molecule has 3 heterocycles. The molecule has 12 nitrogen and oxygen atoms in total. The Bertz CT molecular complexity index is 1550. The first-order valence-electron chi connectivity index (χ1n) is 12.4. The second-order valence-corrected chi connectivity index (χ2v) is 9.96. The van der Waals surface area contributed by atoms with Crippen molar-refractivity contribution in [3.8, 4) is 11.4 Å². The summed E-state index contributed by atoms with van der Waals surface area (Å²) in [7, 11) is 0. The third-order valence-corrected chi connectivity index (χ3v) is 6.29. The number of nitrogen functional groups attached to an aromatic ring is 1. The second-order valence-electron chi connectivity index (χ2n) is 9.96. The number of anilines is 1. The van der Waals surface area contributed by atoms with Gasteiger partial charge >= 0.3 is 0 Å². The number of carbonyl (C=O) groups is 2. The van der Waals surface area contributed by atoms with E-state index in [1.165, 1.54) is 4.57 Å². The summed E-state index contributed by atoms with van der Waals surface area (Å²) in [5, 5.41) is 10.7. The highest BCUT2D eigenvalue weighted by Crippen LogP contribution is 2.27. The number of hydrogen-bond donors (Lipinski definition) is 2. The van der Waals surface area contributed by atoms with Gasteiger partial charge in [-0.2, -0.15) is 0 Å². The van der Waals surface area contributed by atoms with Crippen molar-refractivity contribution in [3.05, 3.63) is 82.4 Å². The average molecular weight is 531 g/mol. The van der Waals surface area contributed by atoms with Crippen LogP contribution in [-0.4, -0.2) is 47.4 Å². The van der Waals surface area contributed by atoms with E-state index in [2.05, 4.69) is 30.5 Å². The maximum Gasteiger partial charge on any atom is 0.286 e. The fraction of sp³-hybridized carbons (Fsp3) is 0.333. The predicted molar refractivity (Wildman–Crippen MR) is 143 cm³/mol. The molecule has 0 saturated heterocycles. The number of hydrogen-bond acceptors (Lipinski definition) is 10. The monoisotopic (exact) mass is 530 g/mol. The van der Waals surface area contributed by atoms with Crippen LogP contribution in [0.2, 0.25) is 0 Å². The third-order valence-electron chi connectivity index (χ3n) is 6.29. The van der Waals surface area contributed by atoms with Gasteiger partial charge in [-0.3, -0.25) is 19.0 Å². The fourth-order valence-electron chi connectivity index (χ4n) is 3.95. The minimum atomic E-state index is -0.992. The maximum atomic E-state index is 13.4. The number of nitrogens with two attached hydrogens (primary N) is 1. The van der Waals surface area contributed by atoms with Crippen LogP contribution >= 0.6 is 0 Å². The molecule has 0 radical (unpaired) electrons. The number of ketones is 1. The summed E-state index contributed by atoms with van der Waals surface area (Å²) in [4.78, 5) is 52.5.